The van der Waals surface area contributed by atoms with E-state index in [1.165, 1.54) is 21.1 Å². The fraction of sp³-hybridized carbons (Fsp3) is 0.650. The van der Waals surface area contributed by atoms with E-state index in [-0.39, 0.29) is 17.6 Å². The van der Waals surface area contributed by atoms with E-state index in [1.54, 1.807) is 6.92 Å². The molecule has 2 aliphatic rings. The van der Waals surface area contributed by atoms with Crippen LogP contribution in [0.1, 0.15) is 30.9 Å². The molecule has 2 fully saturated rings. The van der Waals surface area contributed by atoms with Gasteiger partial charge in [0.15, 0.2) is 0 Å². The summed E-state index contributed by atoms with van der Waals surface area (Å²) in [5, 5.41) is 0. The Bertz CT molecular complexity index is 786. The number of aryl methyl sites for hydroxylation is 1. The van der Waals surface area contributed by atoms with Gasteiger partial charge in [-0.25, -0.2) is 12.7 Å². The molecule has 1 aromatic carbocycles. The molecule has 0 spiro atoms. The Hall–Kier alpha value is -1.60. The molecule has 0 unspecified atom stereocenters. The summed E-state index contributed by atoms with van der Waals surface area (Å²) in [7, 11) is -3.22. The number of hydrogen-bond acceptors (Lipinski definition) is 4. The third kappa shape index (κ3) is 4.29. The normalized spacial score (nSPS) is 22.1. The van der Waals surface area contributed by atoms with Gasteiger partial charge in [-0.1, -0.05) is 12.1 Å². The van der Waals surface area contributed by atoms with Gasteiger partial charge < -0.3 is 9.80 Å². The first kappa shape index (κ1) is 20.1. The van der Waals surface area contributed by atoms with Crippen LogP contribution >= 0.6 is 0 Å². The maximum absolute atomic E-state index is 13.0. The molecular weight excluding hydrogens is 362 g/mol. The van der Waals surface area contributed by atoms with E-state index in [9.17, 15) is 13.2 Å². The number of carbonyl (C=O) groups is 1. The lowest BCUT2D eigenvalue weighted by atomic mass is 9.97. The molecule has 2 aliphatic heterocycles. The molecular formula is C20H31N3O3S. The predicted molar refractivity (Wildman–Crippen MR) is 108 cm³/mol. The summed E-state index contributed by atoms with van der Waals surface area (Å²) in [6, 6.07) is 6.35. The van der Waals surface area contributed by atoms with Crippen molar-refractivity contribution in [3.63, 3.8) is 0 Å². The van der Waals surface area contributed by atoms with Crippen LogP contribution in [0, 0.1) is 19.8 Å². The summed E-state index contributed by atoms with van der Waals surface area (Å²) < 4.78 is 25.8. The number of sulfonamides is 1. The molecule has 1 atom stereocenters. The number of carbonyl (C=O) groups excluding carboxylic acids is 1. The molecule has 0 radical (unpaired) electrons. The van der Waals surface area contributed by atoms with Gasteiger partial charge in [0.05, 0.1) is 11.7 Å². The second kappa shape index (κ2) is 8.19. The molecule has 27 heavy (non-hydrogen) atoms. The standard InChI is InChI=1S/C20H31N3O3S/c1-4-27(25,26)23-10-6-8-18(15-23)20(24)22-13-11-21(12-14-22)19-9-5-7-16(2)17(19)3/h5,7,9,18H,4,6,8,10-15H2,1-3H3/t18-/m0/s1. The minimum absolute atomic E-state index is 0.0996. The SMILES string of the molecule is CCS(=O)(=O)N1CCC[C@H](C(=O)N2CCN(c3cccc(C)c3C)CC2)C1. The van der Waals surface area contributed by atoms with Gasteiger partial charge in [0.25, 0.3) is 0 Å². The molecule has 1 amide bonds. The van der Waals surface area contributed by atoms with Crippen LogP contribution in [0.3, 0.4) is 0 Å². The first-order chi connectivity index (χ1) is 12.8. The number of hydrogen-bond donors (Lipinski definition) is 0. The fourth-order valence-electron chi connectivity index (χ4n) is 4.08. The molecule has 150 valence electrons. The van der Waals surface area contributed by atoms with E-state index in [2.05, 4.69) is 36.9 Å². The Morgan fingerprint density at radius 1 is 1.11 bits per heavy atom. The maximum atomic E-state index is 13.0. The van der Waals surface area contributed by atoms with Crippen molar-refractivity contribution in [1.29, 1.82) is 0 Å². The molecule has 0 bridgehead atoms. The van der Waals surface area contributed by atoms with E-state index in [0.717, 1.165) is 25.9 Å². The van der Waals surface area contributed by atoms with Crippen molar-refractivity contribution >= 4 is 21.6 Å². The maximum Gasteiger partial charge on any atom is 0.227 e. The summed E-state index contributed by atoms with van der Waals surface area (Å²) in [6.45, 7) is 9.84. The number of anilines is 1. The molecule has 0 aliphatic carbocycles. The molecule has 1 aromatic rings. The van der Waals surface area contributed by atoms with Gasteiger partial charge in [-0.3, -0.25) is 4.79 Å². The highest BCUT2D eigenvalue weighted by Crippen LogP contribution is 2.26. The summed E-state index contributed by atoms with van der Waals surface area (Å²) in [5.41, 5.74) is 3.83. The van der Waals surface area contributed by atoms with E-state index < -0.39 is 10.0 Å². The lowest BCUT2D eigenvalue weighted by Crippen LogP contribution is -2.53. The summed E-state index contributed by atoms with van der Waals surface area (Å²) in [5.74, 6) is 0.0153. The minimum Gasteiger partial charge on any atom is -0.368 e. The average molecular weight is 394 g/mol. The Morgan fingerprint density at radius 3 is 2.48 bits per heavy atom. The fourth-order valence-corrected chi connectivity index (χ4v) is 5.26. The smallest absolute Gasteiger partial charge is 0.227 e. The van der Waals surface area contributed by atoms with Gasteiger partial charge in [-0.05, 0) is 50.8 Å². The number of rotatable bonds is 4. The number of piperazine rings is 1. The van der Waals surface area contributed by atoms with Crippen molar-refractivity contribution in [1.82, 2.24) is 9.21 Å². The van der Waals surface area contributed by atoms with Crippen LogP contribution in [-0.2, 0) is 14.8 Å². The minimum atomic E-state index is -3.22. The van der Waals surface area contributed by atoms with Gasteiger partial charge in [0.2, 0.25) is 15.9 Å². The Morgan fingerprint density at radius 2 is 1.81 bits per heavy atom. The predicted octanol–water partition coefficient (Wildman–Crippen LogP) is 2.01. The molecule has 0 saturated carbocycles. The van der Waals surface area contributed by atoms with Crippen LogP contribution in [0.15, 0.2) is 18.2 Å². The topological polar surface area (TPSA) is 60.9 Å². The third-order valence-corrected chi connectivity index (χ3v) is 7.85. The Balaban J connectivity index is 1.61. The van der Waals surface area contributed by atoms with E-state index in [0.29, 0.717) is 26.2 Å². The van der Waals surface area contributed by atoms with Crippen LogP contribution < -0.4 is 4.90 Å². The van der Waals surface area contributed by atoms with Crippen molar-refractivity contribution in [3.05, 3.63) is 29.3 Å². The quantitative estimate of drug-likeness (QED) is 0.785. The number of benzene rings is 1. The zero-order valence-electron chi connectivity index (χ0n) is 16.6. The Labute approximate surface area is 163 Å². The van der Waals surface area contributed by atoms with E-state index in [4.69, 9.17) is 0 Å². The molecule has 2 saturated heterocycles. The van der Waals surface area contributed by atoms with Crippen molar-refractivity contribution in [2.75, 3.05) is 49.9 Å². The Kier molecular flexibility index (Phi) is 6.11. The van der Waals surface area contributed by atoms with E-state index in [1.807, 2.05) is 4.90 Å². The summed E-state index contributed by atoms with van der Waals surface area (Å²) in [6.07, 6.45) is 1.55. The van der Waals surface area contributed by atoms with Crippen LogP contribution in [0.5, 0.6) is 0 Å². The number of amides is 1. The highest BCUT2D eigenvalue weighted by atomic mass is 32.2. The van der Waals surface area contributed by atoms with Crippen LogP contribution in [0.2, 0.25) is 0 Å². The van der Waals surface area contributed by atoms with E-state index >= 15 is 0 Å². The van der Waals surface area contributed by atoms with Gasteiger partial charge in [0.1, 0.15) is 0 Å². The molecule has 2 heterocycles. The average Bonchev–Trinajstić information content (AvgIpc) is 2.70. The lowest BCUT2D eigenvalue weighted by molar-refractivity contribution is -0.137. The summed E-state index contributed by atoms with van der Waals surface area (Å²) >= 11 is 0. The first-order valence-electron chi connectivity index (χ1n) is 9.91. The van der Waals surface area contributed by atoms with Crippen molar-refractivity contribution < 1.29 is 13.2 Å². The van der Waals surface area contributed by atoms with Gasteiger partial charge >= 0.3 is 0 Å². The summed E-state index contributed by atoms with van der Waals surface area (Å²) in [4.78, 5) is 17.2. The zero-order valence-corrected chi connectivity index (χ0v) is 17.5. The molecule has 3 rings (SSSR count). The van der Waals surface area contributed by atoms with Crippen LogP contribution in [-0.4, -0.2) is 68.6 Å². The van der Waals surface area contributed by atoms with Crippen molar-refractivity contribution in [3.8, 4) is 0 Å². The number of piperidine rings is 1. The largest absolute Gasteiger partial charge is 0.368 e. The number of nitrogens with zero attached hydrogens (tertiary/aromatic N) is 3. The van der Waals surface area contributed by atoms with Crippen LogP contribution in [0.25, 0.3) is 0 Å². The first-order valence-corrected chi connectivity index (χ1v) is 11.5. The van der Waals surface area contributed by atoms with Gasteiger partial charge in [-0.2, -0.15) is 0 Å². The molecule has 0 aromatic heterocycles. The van der Waals surface area contributed by atoms with Gasteiger partial charge in [-0.15, -0.1) is 0 Å². The third-order valence-electron chi connectivity index (χ3n) is 6.00. The second-order valence-corrected chi connectivity index (χ2v) is 9.89. The zero-order chi connectivity index (χ0) is 19.6. The lowest BCUT2D eigenvalue weighted by Gasteiger charge is -2.40. The highest BCUT2D eigenvalue weighted by Gasteiger charge is 2.34. The highest BCUT2D eigenvalue weighted by molar-refractivity contribution is 7.89. The monoisotopic (exact) mass is 393 g/mol. The molecule has 7 heteroatoms. The molecule has 6 nitrogen and oxygen atoms in total. The van der Waals surface area contributed by atoms with Crippen LogP contribution in [0.4, 0.5) is 5.69 Å². The second-order valence-electron chi connectivity index (χ2n) is 7.63. The van der Waals surface area contributed by atoms with Crippen molar-refractivity contribution in [2.24, 2.45) is 5.92 Å². The van der Waals surface area contributed by atoms with Crippen molar-refractivity contribution in [2.45, 2.75) is 33.6 Å². The molecule has 0 N–H and O–H groups in total. The van der Waals surface area contributed by atoms with Gasteiger partial charge in [0, 0.05) is 45.0 Å².